The van der Waals surface area contributed by atoms with Gasteiger partial charge < -0.3 is 0 Å². The predicted octanol–water partition coefficient (Wildman–Crippen LogP) is 3.07. The second-order valence-electron chi connectivity index (χ2n) is 2.89. The van der Waals surface area contributed by atoms with Gasteiger partial charge in [0.15, 0.2) is 0 Å². The zero-order chi connectivity index (χ0) is 8.85. The van der Waals surface area contributed by atoms with Gasteiger partial charge >= 0.3 is 0 Å². The summed E-state index contributed by atoms with van der Waals surface area (Å²) in [5, 5.41) is 0. The van der Waals surface area contributed by atoms with Gasteiger partial charge in [-0.1, -0.05) is 19.9 Å². The molecule has 0 N–H and O–H groups in total. The van der Waals surface area contributed by atoms with E-state index in [9.17, 15) is 0 Å². The predicted molar refractivity (Wildman–Crippen MR) is 52.2 cm³/mol. The number of nitrogens with zero attached hydrogens (tertiary/aromatic N) is 1. The maximum Gasteiger partial charge on any atom is 0.0398 e. The van der Waals surface area contributed by atoms with Gasteiger partial charge in [-0.15, -0.1) is 0 Å². The molecule has 0 rings (SSSR count). The maximum absolute atomic E-state index is 4.28. The fraction of sp³-hybridized carbons (Fsp3) is 0.700. The van der Waals surface area contributed by atoms with Gasteiger partial charge in [0, 0.05) is 12.8 Å². The van der Waals surface area contributed by atoms with Crippen LogP contribution >= 0.6 is 0 Å². The Morgan fingerprint density at radius 1 is 1.55 bits per heavy atom. The molecule has 0 fully saturated rings. The number of hydrogen-bond acceptors (Lipinski definition) is 1. The van der Waals surface area contributed by atoms with E-state index in [-0.39, 0.29) is 0 Å². The lowest BCUT2D eigenvalue weighted by Crippen LogP contribution is -2.11. The molecule has 0 saturated carbocycles. The van der Waals surface area contributed by atoms with Crippen LogP contribution in [0.1, 0.15) is 34.1 Å². The minimum absolute atomic E-state index is 0.594. The van der Waals surface area contributed by atoms with Crippen LogP contribution in [-0.2, 0) is 0 Å². The van der Waals surface area contributed by atoms with Gasteiger partial charge in [-0.3, -0.25) is 4.99 Å². The largest absolute Gasteiger partial charge is 0.293 e. The Morgan fingerprint density at radius 2 is 2.09 bits per heavy atom. The molecule has 64 valence electrons. The Bertz CT molecular complexity index is 166. The Hall–Kier alpha value is -0.590. The Kier molecular flexibility index (Phi) is 4.84. The summed E-state index contributed by atoms with van der Waals surface area (Å²) in [6.45, 7) is 8.59. The third kappa shape index (κ3) is 2.87. The van der Waals surface area contributed by atoms with Gasteiger partial charge in [0.05, 0.1) is 0 Å². The minimum Gasteiger partial charge on any atom is -0.293 e. The first-order valence-corrected chi connectivity index (χ1v) is 4.27. The SMILES string of the molecule is C/C=C(/C)C(=NC)C(C)CC. The van der Waals surface area contributed by atoms with Crippen LogP contribution in [0.15, 0.2) is 16.6 Å². The summed E-state index contributed by atoms with van der Waals surface area (Å²) in [4.78, 5) is 4.28. The molecule has 0 spiro atoms. The molecule has 1 atom stereocenters. The van der Waals surface area contributed by atoms with E-state index < -0.39 is 0 Å². The second kappa shape index (κ2) is 5.11. The van der Waals surface area contributed by atoms with E-state index in [2.05, 4.69) is 38.8 Å². The van der Waals surface area contributed by atoms with Crippen molar-refractivity contribution in [1.82, 2.24) is 0 Å². The van der Waals surface area contributed by atoms with E-state index >= 15 is 0 Å². The molecule has 1 heteroatoms. The summed E-state index contributed by atoms with van der Waals surface area (Å²) in [5.41, 5.74) is 2.55. The van der Waals surface area contributed by atoms with Crippen LogP contribution in [0.5, 0.6) is 0 Å². The minimum atomic E-state index is 0.594. The molecular weight excluding hydrogens is 134 g/mol. The number of hydrogen-bond donors (Lipinski definition) is 0. The molecule has 0 amide bonds. The Morgan fingerprint density at radius 3 is 2.36 bits per heavy atom. The number of allylic oxidation sites excluding steroid dienone is 2. The van der Waals surface area contributed by atoms with Gasteiger partial charge in [0.1, 0.15) is 0 Å². The molecule has 0 aromatic heterocycles. The molecule has 0 aromatic carbocycles. The maximum atomic E-state index is 4.28. The summed E-state index contributed by atoms with van der Waals surface area (Å²) in [5.74, 6) is 0.594. The van der Waals surface area contributed by atoms with Crippen molar-refractivity contribution >= 4 is 5.71 Å². The topological polar surface area (TPSA) is 12.4 Å². The van der Waals surface area contributed by atoms with E-state index in [0.717, 1.165) is 6.42 Å². The standard InChI is InChI=1S/C10H19N/c1-6-8(3)10(11-5)9(4)7-2/h6,9H,7H2,1-5H3/b8-6-,11-10?. The normalized spacial score (nSPS) is 16.8. The van der Waals surface area contributed by atoms with Crippen LogP contribution in [0.2, 0.25) is 0 Å². The molecule has 1 nitrogen and oxygen atoms in total. The van der Waals surface area contributed by atoms with E-state index in [1.54, 1.807) is 0 Å². The highest BCUT2D eigenvalue weighted by Gasteiger charge is 2.07. The quantitative estimate of drug-likeness (QED) is 0.552. The molecule has 0 radical (unpaired) electrons. The van der Waals surface area contributed by atoms with Gasteiger partial charge in [0.25, 0.3) is 0 Å². The van der Waals surface area contributed by atoms with Crippen molar-refractivity contribution in [2.45, 2.75) is 34.1 Å². The third-order valence-corrected chi connectivity index (χ3v) is 2.16. The fourth-order valence-corrected chi connectivity index (χ4v) is 1.13. The monoisotopic (exact) mass is 153 g/mol. The molecule has 0 heterocycles. The molecule has 0 bridgehead atoms. The zero-order valence-corrected chi connectivity index (χ0v) is 8.31. The molecule has 0 saturated heterocycles. The summed E-state index contributed by atoms with van der Waals surface area (Å²) in [6, 6.07) is 0. The molecule has 0 aliphatic carbocycles. The summed E-state index contributed by atoms with van der Waals surface area (Å²) in [7, 11) is 1.87. The smallest absolute Gasteiger partial charge is 0.0398 e. The van der Waals surface area contributed by atoms with E-state index in [1.165, 1.54) is 11.3 Å². The highest BCUT2D eigenvalue weighted by Crippen LogP contribution is 2.10. The Balaban J connectivity index is 4.43. The lowest BCUT2D eigenvalue weighted by molar-refractivity contribution is 0.737. The van der Waals surface area contributed by atoms with Crippen molar-refractivity contribution in [3.8, 4) is 0 Å². The number of rotatable bonds is 3. The highest BCUT2D eigenvalue weighted by atomic mass is 14.7. The van der Waals surface area contributed by atoms with Gasteiger partial charge in [-0.2, -0.15) is 0 Å². The van der Waals surface area contributed by atoms with Crippen LogP contribution in [0.4, 0.5) is 0 Å². The second-order valence-corrected chi connectivity index (χ2v) is 2.89. The first-order chi connectivity index (χ1) is 5.17. The molecule has 0 aliphatic rings. The van der Waals surface area contributed by atoms with Gasteiger partial charge in [-0.25, -0.2) is 0 Å². The average Bonchev–Trinajstić information content (AvgIpc) is 2.05. The molecule has 0 aromatic rings. The van der Waals surface area contributed by atoms with Gasteiger partial charge in [-0.05, 0) is 31.8 Å². The highest BCUT2D eigenvalue weighted by molar-refractivity contribution is 6.00. The summed E-state index contributed by atoms with van der Waals surface area (Å²) in [6.07, 6.45) is 3.28. The fourth-order valence-electron chi connectivity index (χ4n) is 1.13. The zero-order valence-electron chi connectivity index (χ0n) is 8.31. The summed E-state index contributed by atoms with van der Waals surface area (Å²) < 4.78 is 0. The van der Waals surface area contributed by atoms with Crippen LogP contribution in [0, 0.1) is 5.92 Å². The van der Waals surface area contributed by atoms with Crippen LogP contribution in [-0.4, -0.2) is 12.8 Å². The van der Waals surface area contributed by atoms with Crippen molar-refractivity contribution in [2.24, 2.45) is 10.9 Å². The number of aliphatic imine (C=N–C) groups is 1. The first kappa shape index (κ1) is 10.4. The lowest BCUT2D eigenvalue weighted by Gasteiger charge is -2.11. The van der Waals surface area contributed by atoms with E-state index in [4.69, 9.17) is 0 Å². The molecule has 0 aliphatic heterocycles. The molecule has 11 heavy (non-hydrogen) atoms. The third-order valence-electron chi connectivity index (χ3n) is 2.16. The van der Waals surface area contributed by atoms with E-state index in [1.807, 2.05) is 7.05 Å². The van der Waals surface area contributed by atoms with Crippen LogP contribution < -0.4 is 0 Å². The van der Waals surface area contributed by atoms with Crippen LogP contribution in [0.25, 0.3) is 0 Å². The van der Waals surface area contributed by atoms with Crippen LogP contribution in [0.3, 0.4) is 0 Å². The molecule has 1 unspecified atom stereocenters. The van der Waals surface area contributed by atoms with Gasteiger partial charge in [0.2, 0.25) is 0 Å². The van der Waals surface area contributed by atoms with Crippen molar-refractivity contribution in [2.75, 3.05) is 7.05 Å². The van der Waals surface area contributed by atoms with E-state index in [0.29, 0.717) is 5.92 Å². The van der Waals surface area contributed by atoms with Crippen molar-refractivity contribution < 1.29 is 0 Å². The van der Waals surface area contributed by atoms with Crippen molar-refractivity contribution in [3.63, 3.8) is 0 Å². The molecular formula is C10H19N. The average molecular weight is 153 g/mol. The summed E-state index contributed by atoms with van der Waals surface area (Å²) >= 11 is 0. The van der Waals surface area contributed by atoms with Crippen molar-refractivity contribution in [1.29, 1.82) is 0 Å². The van der Waals surface area contributed by atoms with Crippen molar-refractivity contribution in [3.05, 3.63) is 11.6 Å². The first-order valence-electron chi connectivity index (χ1n) is 4.27. The lowest BCUT2D eigenvalue weighted by atomic mass is 9.97. The Labute approximate surface area is 70.2 Å².